The monoisotopic (exact) mass is 266 g/mol. The average Bonchev–Trinajstić information content (AvgIpc) is 2.97. The van der Waals surface area contributed by atoms with Crippen LogP contribution in [0.25, 0.3) is 0 Å². The van der Waals surface area contributed by atoms with E-state index in [0.717, 1.165) is 25.8 Å². The zero-order chi connectivity index (χ0) is 13.6. The molecule has 4 atom stereocenters. The average molecular weight is 266 g/mol. The molecule has 0 bridgehead atoms. The Bertz CT molecular complexity index is 407. The molecular formula is C14H22N2O3. The van der Waals surface area contributed by atoms with Crippen LogP contribution >= 0.6 is 0 Å². The van der Waals surface area contributed by atoms with Gasteiger partial charge < -0.3 is 15.7 Å². The first-order valence-electron chi connectivity index (χ1n) is 7.31. The Morgan fingerprint density at radius 1 is 1.26 bits per heavy atom. The molecule has 106 valence electrons. The molecule has 1 heterocycles. The SMILES string of the molecule is CC(NC(=O)C1NCC2CCCC21)(C(=O)O)C1CC1. The first-order chi connectivity index (χ1) is 9.02. The lowest BCUT2D eigenvalue weighted by molar-refractivity contribution is -0.148. The van der Waals surface area contributed by atoms with Crippen LogP contribution in [-0.4, -0.2) is 35.1 Å². The Balaban J connectivity index is 1.69. The molecule has 4 unspecified atom stereocenters. The van der Waals surface area contributed by atoms with Gasteiger partial charge in [0.2, 0.25) is 5.91 Å². The Morgan fingerprint density at radius 3 is 2.63 bits per heavy atom. The van der Waals surface area contributed by atoms with Gasteiger partial charge in [-0.05, 0) is 56.9 Å². The van der Waals surface area contributed by atoms with Gasteiger partial charge in [0.05, 0.1) is 6.04 Å². The highest BCUT2D eigenvalue weighted by molar-refractivity contribution is 5.90. The van der Waals surface area contributed by atoms with Crippen LogP contribution in [0.1, 0.15) is 39.0 Å². The number of nitrogens with one attached hydrogen (secondary N) is 2. The molecule has 3 rings (SSSR count). The third kappa shape index (κ3) is 2.14. The number of carbonyl (C=O) groups excluding carboxylic acids is 1. The lowest BCUT2D eigenvalue weighted by Crippen LogP contribution is -2.58. The molecule has 3 aliphatic rings. The lowest BCUT2D eigenvalue weighted by atomic mass is 9.91. The van der Waals surface area contributed by atoms with E-state index in [1.807, 2.05) is 0 Å². The minimum Gasteiger partial charge on any atom is -0.480 e. The zero-order valence-electron chi connectivity index (χ0n) is 11.3. The topological polar surface area (TPSA) is 78.4 Å². The summed E-state index contributed by atoms with van der Waals surface area (Å²) in [5, 5.41) is 15.5. The van der Waals surface area contributed by atoms with E-state index in [2.05, 4.69) is 10.6 Å². The summed E-state index contributed by atoms with van der Waals surface area (Å²) < 4.78 is 0. The van der Waals surface area contributed by atoms with Gasteiger partial charge in [-0.2, -0.15) is 0 Å². The quantitative estimate of drug-likeness (QED) is 0.701. The highest BCUT2D eigenvalue weighted by Gasteiger charge is 2.51. The van der Waals surface area contributed by atoms with Crippen molar-refractivity contribution in [2.45, 2.75) is 50.6 Å². The third-order valence-electron chi connectivity index (χ3n) is 5.25. The summed E-state index contributed by atoms with van der Waals surface area (Å²) in [6.45, 7) is 2.54. The van der Waals surface area contributed by atoms with Crippen molar-refractivity contribution < 1.29 is 14.7 Å². The van der Waals surface area contributed by atoms with Crippen molar-refractivity contribution in [3.05, 3.63) is 0 Å². The number of carbonyl (C=O) groups is 2. The Labute approximate surface area is 113 Å². The maximum absolute atomic E-state index is 12.4. The third-order valence-corrected chi connectivity index (χ3v) is 5.25. The van der Waals surface area contributed by atoms with Gasteiger partial charge in [0.25, 0.3) is 0 Å². The van der Waals surface area contributed by atoms with Gasteiger partial charge in [0.15, 0.2) is 0 Å². The molecule has 1 aliphatic heterocycles. The molecule has 0 aromatic heterocycles. The number of carboxylic acid groups (broad SMARTS) is 1. The number of hydrogen-bond acceptors (Lipinski definition) is 3. The summed E-state index contributed by atoms with van der Waals surface area (Å²) in [5.74, 6) is 0.0651. The van der Waals surface area contributed by atoms with Crippen LogP contribution < -0.4 is 10.6 Å². The Hall–Kier alpha value is -1.10. The van der Waals surface area contributed by atoms with Crippen LogP contribution in [-0.2, 0) is 9.59 Å². The highest BCUT2D eigenvalue weighted by Crippen LogP contribution is 2.41. The number of hydrogen-bond donors (Lipinski definition) is 3. The maximum atomic E-state index is 12.4. The van der Waals surface area contributed by atoms with E-state index >= 15 is 0 Å². The van der Waals surface area contributed by atoms with E-state index in [1.165, 1.54) is 12.8 Å². The molecule has 1 saturated heterocycles. The maximum Gasteiger partial charge on any atom is 0.329 e. The van der Waals surface area contributed by atoms with E-state index in [-0.39, 0.29) is 17.9 Å². The smallest absolute Gasteiger partial charge is 0.329 e. The summed E-state index contributed by atoms with van der Waals surface area (Å²) in [4.78, 5) is 23.8. The molecule has 0 aromatic carbocycles. The zero-order valence-corrected chi connectivity index (χ0v) is 11.3. The normalized spacial score (nSPS) is 36.6. The van der Waals surface area contributed by atoms with E-state index < -0.39 is 11.5 Å². The second-order valence-electron chi connectivity index (χ2n) is 6.51. The van der Waals surface area contributed by atoms with Crippen LogP contribution in [0, 0.1) is 17.8 Å². The molecule has 5 nitrogen and oxygen atoms in total. The van der Waals surface area contributed by atoms with Gasteiger partial charge in [-0.1, -0.05) is 6.42 Å². The number of rotatable bonds is 4. The van der Waals surface area contributed by atoms with Crippen molar-refractivity contribution in [2.24, 2.45) is 17.8 Å². The number of fused-ring (bicyclic) bond motifs is 1. The molecule has 0 radical (unpaired) electrons. The minimum absolute atomic E-state index is 0.0923. The molecule has 3 N–H and O–H groups in total. The van der Waals surface area contributed by atoms with Gasteiger partial charge in [-0.3, -0.25) is 4.79 Å². The van der Waals surface area contributed by atoms with E-state index in [9.17, 15) is 14.7 Å². The standard InChI is InChI=1S/C14H22N2O3/c1-14(13(18)19,9-5-6-9)16-12(17)11-10-4-2-3-8(10)7-15-11/h8-11,15H,2-7H2,1H3,(H,16,17)(H,18,19). The van der Waals surface area contributed by atoms with E-state index in [1.54, 1.807) is 6.92 Å². The fourth-order valence-electron chi connectivity index (χ4n) is 3.80. The lowest BCUT2D eigenvalue weighted by Gasteiger charge is -2.29. The van der Waals surface area contributed by atoms with Crippen LogP contribution in [0.3, 0.4) is 0 Å². The van der Waals surface area contributed by atoms with Crippen LogP contribution in [0.5, 0.6) is 0 Å². The largest absolute Gasteiger partial charge is 0.480 e. The van der Waals surface area contributed by atoms with Gasteiger partial charge >= 0.3 is 5.97 Å². The first kappa shape index (κ1) is 12.9. The fraction of sp³-hybridized carbons (Fsp3) is 0.857. The van der Waals surface area contributed by atoms with E-state index in [4.69, 9.17) is 0 Å². The predicted octanol–water partition coefficient (Wildman–Crippen LogP) is 0.744. The summed E-state index contributed by atoms with van der Waals surface area (Å²) >= 11 is 0. The van der Waals surface area contributed by atoms with Gasteiger partial charge in [0, 0.05) is 0 Å². The van der Waals surface area contributed by atoms with Crippen molar-refractivity contribution in [3.8, 4) is 0 Å². The summed E-state index contributed by atoms with van der Waals surface area (Å²) in [6.07, 6.45) is 5.27. The summed E-state index contributed by atoms with van der Waals surface area (Å²) in [5.41, 5.74) is -1.09. The number of carboxylic acids is 1. The van der Waals surface area contributed by atoms with Crippen LogP contribution in [0.15, 0.2) is 0 Å². The number of aliphatic carboxylic acids is 1. The predicted molar refractivity (Wildman–Crippen MR) is 69.5 cm³/mol. The van der Waals surface area contributed by atoms with Crippen molar-refractivity contribution >= 4 is 11.9 Å². The second-order valence-corrected chi connectivity index (χ2v) is 6.51. The molecule has 3 fully saturated rings. The first-order valence-corrected chi connectivity index (χ1v) is 7.31. The molecule has 19 heavy (non-hydrogen) atoms. The van der Waals surface area contributed by atoms with Gasteiger partial charge in [-0.15, -0.1) is 0 Å². The molecule has 5 heteroatoms. The Kier molecular flexibility index (Phi) is 3.04. The molecular weight excluding hydrogens is 244 g/mol. The van der Waals surface area contributed by atoms with Crippen molar-refractivity contribution in [1.29, 1.82) is 0 Å². The molecule has 0 aromatic rings. The van der Waals surface area contributed by atoms with E-state index in [0.29, 0.717) is 11.8 Å². The van der Waals surface area contributed by atoms with Crippen molar-refractivity contribution in [2.75, 3.05) is 6.54 Å². The van der Waals surface area contributed by atoms with Gasteiger partial charge in [0.1, 0.15) is 5.54 Å². The van der Waals surface area contributed by atoms with Crippen LogP contribution in [0.4, 0.5) is 0 Å². The van der Waals surface area contributed by atoms with Crippen molar-refractivity contribution in [1.82, 2.24) is 10.6 Å². The highest BCUT2D eigenvalue weighted by atomic mass is 16.4. The summed E-state index contributed by atoms with van der Waals surface area (Å²) in [7, 11) is 0. The molecule has 0 spiro atoms. The minimum atomic E-state index is -1.09. The Morgan fingerprint density at radius 2 is 2.00 bits per heavy atom. The van der Waals surface area contributed by atoms with Crippen molar-refractivity contribution in [3.63, 3.8) is 0 Å². The number of amides is 1. The molecule has 1 amide bonds. The molecule has 2 aliphatic carbocycles. The summed E-state index contributed by atoms with van der Waals surface area (Å²) in [6, 6.07) is -0.190. The van der Waals surface area contributed by atoms with Gasteiger partial charge in [-0.25, -0.2) is 4.79 Å². The second kappa shape index (κ2) is 4.47. The molecule has 2 saturated carbocycles. The fourth-order valence-corrected chi connectivity index (χ4v) is 3.80. The van der Waals surface area contributed by atoms with Crippen LogP contribution in [0.2, 0.25) is 0 Å².